The van der Waals surface area contributed by atoms with E-state index in [1.54, 1.807) is 37.6 Å². The zero-order valence-electron chi connectivity index (χ0n) is 14.7. The third-order valence-corrected chi connectivity index (χ3v) is 4.47. The van der Waals surface area contributed by atoms with E-state index in [4.69, 9.17) is 14.7 Å². The van der Waals surface area contributed by atoms with Gasteiger partial charge in [0.25, 0.3) is 5.91 Å². The molecule has 1 fully saturated rings. The molecule has 6 heteroatoms. The van der Waals surface area contributed by atoms with E-state index in [1.165, 1.54) is 0 Å². The highest BCUT2D eigenvalue weighted by Crippen LogP contribution is 2.24. The lowest BCUT2D eigenvalue weighted by atomic mass is 9.98. The minimum absolute atomic E-state index is 0.0169. The lowest BCUT2D eigenvalue weighted by molar-refractivity contribution is 0.0628. The first-order valence-electron chi connectivity index (χ1n) is 8.62. The van der Waals surface area contributed by atoms with E-state index in [0.717, 1.165) is 19.4 Å². The Kier molecular flexibility index (Phi) is 5.69. The third kappa shape index (κ3) is 4.12. The predicted octanol–water partition coefficient (Wildman–Crippen LogP) is 2.89. The Morgan fingerprint density at radius 3 is 3.04 bits per heavy atom. The van der Waals surface area contributed by atoms with E-state index < -0.39 is 0 Å². The number of piperidine rings is 1. The van der Waals surface area contributed by atoms with Gasteiger partial charge in [-0.05, 0) is 31.0 Å². The number of rotatable bonds is 5. The van der Waals surface area contributed by atoms with Crippen LogP contribution in [0.25, 0.3) is 0 Å². The topological polar surface area (TPSA) is 75.4 Å². The van der Waals surface area contributed by atoms with Crippen molar-refractivity contribution in [1.29, 1.82) is 5.26 Å². The number of hydrogen-bond donors (Lipinski definition) is 0. The fourth-order valence-corrected chi connectivity index (χ4v) is 3.14. The molecule has 0 N–H and O–H groups in total. The second kappa shape index (κ2) is 8.34. The average molecular weight is 351 g/mol. The maximum atomic E-state index is 12.8. The largest absolute Gasteiger partial charge is 0.496 e. The minimum Gasteiger partial charge on any atom is -0.496 e. The van der Waals surface area contributed by atoms with Crippen LogP contribution in [0.1, 0.15) is 28.8 Å². The number of aromatic nitrogens is 1. The van der Waals surface area contributed by atoms with Crippen LogP contribution in [0.15, 0.2) is 42.6 Å². The fourth-order valence-electron chi connectivity index (χ4n) is 3.14. The molecule has 1 amide bonds. The molecule has 6 nitrogen and oxygen atoms in total. The van der Waals surface area contributed by atoms with Crippen LogP contribution in [0.2, 0.25) is 0 Å². The van der Waals surface area contributed by atoms with Gasteiger partial charge in [0.05, 0.1) is 30.9 Å². The smallest absolute Gasteiger partial charge is 0.257 e. The summed E-state index contributed by atoms with van der Waals surface area (Å²) in [5.74, 6) is 1.25. The van der Waals surface area contributed by atoms with Gasteiger partial charge in [0.2, 0.25) is 5.88 Å². The highest BCUT2D eigenvalue weighted by Gasteiger charge is 2.26. The van der Waals surface area contributed by atoms with Crippen LogP contribution in [0.4, 0.5) is 0 Å². The number of nitriles is 1. The van der Waals surface area contributed by atoms with Crippen LogP contribution in [0, 0.1) is 17.2 Å². The summed E-state index contributed by atoms with van der Waals surface area (Å²) in [5, 5.41) is 8.94. The molecular weight excluding hydrogens is 330 g/mol. The van der Waals surface area contributed by atoms with Gasteiger partial charge in [0.1, 0.15) is 5.75 Å². The van der Waals surface area contributed by atoms with E-state index in [-0.39, 0.29) is 11.8 Å². The van der Waals surface area contributed by atoms with E-state index in [9.17, 15) is 4.79 Å². The Morgan fingerprint density at radius 2 is 2.23 bits per heavy atom. The lowest BCUT2D eigenvalue weighted by Gasteiger charge is -2.32. The van der Waals surface area contributed by atoms with Crippen molar-refractivity contribution in [3.63, 3.8) is 0 Å². The van der Waals surface area contributed by atoms with E-state index in [0.29, 0.717) is 35.9 Å². The van der Waals surface area contributed by atoms with Gasteiger partial charge in [-0.3, -0.25) is 4.79 Å². The Hall–Kier alpha value is -3.07. The summed E-state index contributed by atoms with van der Waals surface area (Å²) >= 11 is 0. The number of carbonyl (C=O) groups is 1. The van der Waals surface area contributed by atoms with Crippen LogP contribution >= 0.6 is 0 Å². The maximum Gasteiger partial charge on any atom is 0.257 e. The second-order valence-corrected chi connectivity index (χ2v) is 6.27. The van der Waals surface area contributed by atoms with Crippen molar-refractivity contribution < 1.29 is 14.3 Å². The van der Waals surface area contributed by atoms with Crippen LogP contribution < -0.4 is 9.47 Å². The zero-order valence-corrected chi connectivity index (χ0v) is 14.7. The lowest BCUT2D eigenvalue weighted by Crippen LogP contribution is -2.41. The molecule has 2 aromatic rings. The average Bonchev–Trinajstić information content (AvgIpc) is 2.72. The number of ether oxygens (including phenoxy) is 2. The molecule has 134 valence electrons. The number of para-hydroxylation sites is 1. The van der Waals surface area contributed by atoms with Crippen LogP contribution in [-0.2, 0) is 0 Å². The van der Waals surface area contributed by atoms with Gasteiger partial charge in [-0.1, -0.05) is 12.1 Å². The first kappa shape index (κ1) is 17.7. The number of amides is 1. The van der Waals surface area contributed by atoms with Crippen molar-refractivity contribution in [3.05, 3.63) is 53.7 Å². The van der Waals surface area contributed by atoms with Gasteiger partial charge in [-0.15, -0.1) is 0 Å². The summed E-state index contributed by atoms with van der Waals surface area (Å²) in [5.41, 5.74) is 1.10. The fraction of sp³-hybridized carbons (Fsp3) is 0.350. The first-order chi connectivity index (χ1) is 12.7. The standard InChI is InChI=1S/C20H21N3O3/c1-25-18-7-3-2-6-17(18)20(24)23-10-4-5-16(13-23)14-26-19-11-15(12-21)8-9-22-19/h2-3,6-9,11,16H,4-5,10,13-14H2,1H3. The van der Waals surface area contributed by atoms with Crippen molar-refractivity contribution in [2.24, 2.45) is 5.92 Å². The number of methoxy groups -OCH3 is 1. The van der Waals surface area contributed by atoms with E-state index in [1.807, 2.05) is 17.0 Å². The number of pyridine rings is 1. The molecule has 3 rings (SSSR count). The Balaban J connectivity index is 1.62. The number of carbonyl (C=O) groups excluding carboxylic acids is 1. The van der Waals surface area contributed by atoms with Crippen molar-refractivity contribution in [3.8, 4) is 17.7 Å². The first-order valence-corrected chi connectivity index (χ1v) is 8.62. The van der Waals surface area contributed by atoms with E-state index >= 15 is 0 Å². The van der Waals surface area contributed by atoms with Crippen molar-refractivity contribution in [1.82, 2.24) is 9.88 Å². The molecule has 2 heterocycles. The predicted molar refractivity (Wildman–Crippen MR) is 96.1 cm³/mol. The number of likely N-dealkylation sites (tertiary alicyclic amines) is 1. The van der Waals surface area contributed by atoms with Gasteiger partial charge in [0, 0.05) is 31.3 Å². The summed E-state index contributed by atoms with van der Waals surface area (Å²) < 4.78 is 11.0. The summed E-state index contributed by atoms with van der Waals surface area (Å²) in [6, 6.07) is 12.6. The summed E-state index contributed by atoms with van der Waals surface area (Å²) in [7, 11) is 1.57. The molecule has 1 saturated heterocycles. The molecule has 0 saturated carbocycles. The quantitative estimate of drug-likeness (QED) is 0.828. The molecule has 0 radical (unpaired) electrons. The summed E-state index contributed by atoms with van der Waals surface area (Å²) in [6.45, 7) is 1.84. The molecular formula is C20H21N3O3. The summed E-state index contributed by atoms with van der Waals surface area (Å²) in [6.07, 6.45) is 3.49. The molecule has 1 aromatic carbocycles. The molecule has 1 aliphatic heterocycles. The van der Waals surface area contributed by atoms with Crippen molar-refractivity contribution in [2.45, 2.75) is 12.8 Å². The normalized spacial score (nSPS) is 16.6. The SMILES string of the molecule is COc1ccccc1C(=O)N1CCCC(COc2cc(C#N)ccn2)C1. The Labute approximate surface area is 153 Å². The highest BCUT2D eigenvalue weighted by molar-refractivity contribution is 5.97. The van der Waals surface area contributed by atoms with Gasteiger partial charge in [-0.25, -0.2) is 4.98 Å². The Bertz CT molecular complexity index is 816. The molecule has 0 aliphatic carbocycles. The van der Waals surface area contributed by atoms with Gasteiger partial charge in [0.15, 0.2) is 0 Å². The van der Waals surface area contributed by atoms with Crippen molar-refractivity contribution >= 4 is 5.91 Å². The maximum absolute atomic E-state index is 12.8. The molecule has 26 heavy (non-hydrogen) atoms. The van der Waals surface area contributed by atoms with E-state index in [2.05, 4.69) is 11.1 Å². The molecule has 0 spiro atoms. The van der Waals surface area contributed by atoms with Crippen LogP contribution in [-0.4, -0.2) is 42.6 Å². The van der Waals surface area contributed by atoms with Gasteiger partial charge < -0.3 is 14.4 Å². The second-order valence-electron chi connectivity index (χ2n) is 6.27. The molecule has 1 atom stereocenters. The van der Waals surface area contributed by atoms with Crippen molar-refractivity contribution in [2.75, 3.05) is 26.8 Å². The van der Waals surface area contributed by atoms with Gasteiger partial charge in [-0.2, -0.15) is 5.26 Å². The molecule has 1 aliphatic rings. The minimum atomic E-state index is -0.0169. The molecule has 0 bridgehead atoms. The van der Waals surface area contributed by atoms with Crippen LogP contribution in [0.3, 0.4) is 0 Å². The van der Waals surface area contributed by atoms with Gasteiger partial charge >= 0.3 is 0 Å². The molecule has 1 unspecified atom stereocenters. The van der Waals surface area contributed by atoms with Crippen LogP contribution in [0.5, 0.6) is 11.6 Å². The zero-order chi connectivity index (χ0) is 18.4. The Morgan fingerprint density at radius 1 is 1.38 bits per heavy atom. The highest BCUT2D eigenvalue weighted by atomic mass is 16.5. The third-order valence-electron chi connectivity index (χ3n) is 4.47. The summed E-state index contributed by atoms with van der Waals surface area (Å²) in [4.78, 5) is 18.8. The molecule has 1 aromatic heterocycles. The number of hydrogen-bond acceptors (Lipinski definition) is 5. The number of benzene rings is 1. The number of nitrogens with zero attached hydrogens (tertiary/aromatic N) is 3. The monoisotopic (exact) mass is 351 g/mol.